The van der Waals surface area contributed by atoms with Crippen LogP contribution in [0.5, 0.6) is 0 Å². The van der Waals surface area contributed by atoms with Crippen LogP contribution in [0.4, 0.5) is 0 Å². The lowest BCUT2D eigenvalue weighted by Crippen LogP contribution is -2.36. The quantitative estimate of drug-likeness (QED) is 0.778. The normalized spacial score (nSPS) is 15.2. The van der Waals surface area contributed by atoms with Gasteiger partial charge in [0.15, 0.2) is 11.4 Å². The Morgan fingerprint density at radius 1 is 1.47 bits per heavy atom. The van der Waals surface area contributed by atoms with Crippen LogP contribution in [0, 0.1) is 0 Å². The molecule has 2 rings (SSSR count). The summed E-state index contributed by atoms with van der Waals surface area (Å²) in [5.41, 5.74) is 0. The molecule has 7 heteroatoms. The lowest BCUT2D eigenvalue weighted by molar-refractivity contribution is -0.745. The number of rotatable bonds is 4. The summed E-state index contributed by atoms with van der Waals surface area (Å²) in [6.45, 7) is 1.93. The maximum Gasteiger partial charge on any atom is 0.309 e. The number of carbonyl (C=O) groups is 2. The Balaban J connectivity index is 1.97. The Bertz CT molecular complexity index is 426. The van der Waals surface area contributed by atoms with E-state index >= 15 is 0 Å². The van der Waals surface area contributed by atoms with Crippen LogP contribution in [0.1, 0.15) is 28.9 Å². The lowest BCUT2D eigenvalue weighted by Gasteiger charge is -2.11. The molecule has 0 atom stereocenters. The van der Waals surface area contributed by atoms with Crippen molar-refractivity contribution in [3.05, 3.63) is 11.1 Å². The molecule has 1 aromatic heterocycles. The molecular formula is C10H14N3O3S+. The van der Waals surface area contributed by atoms with E-state index in [2.05, 4.69) is 4.49 Å². The van der Waals surface area contributed by atoms with Gasteiger partial charge in [0.2, 0.25) is 6.20 Å². The van der Waals surface area contributed by atoms with E-state index in [1.54, 1.807) is 6.20 Å². The number of carboxylic acids is 1. The average molecular weight is 256 g/mol. The Morgan fingerprint density at radius 3 is 2.82 bits per heavy atom. The first kappa shape index (κ1) is 12.0. The number of aromatic nitrogens is 2. The van der Waals surface area contributed by atoms with Gasteiger partial charge in [0, 0.05) is 24.6 Å². The van der Waals surface area contributed by atoms with E-state index in [-0.39, 0.29) is 12.3 Å². The standard InChI is InChI=1S/C10H13N3O3S/c14-9(15)3-6-13-7-8(17-11-13)10(16)12-4-1-2-5-12/h7H,1-6H2/p+1. The minimum atomic E-state index is -0.863. The Morgan fingerprint density at radius 2 is 2.18 bits per heavy atom. The monoisotopic (exact) mass is 256 g/mol. The third-order valence-electron chi connectivity index (χ3n) is 2.67. The van der Waals surface area contributed by atoms with Crippen molar-refractivity contribution in [3.63, 3.8) is 0 Å². The fourth-order valence-corrected chi connectivity index (χ4v) is 2.46. The topological polar surface area (TPSA) is 74.4 Å². The number of aryl methyl sites for hydroxylation is 1. The maximum atomic E-state index is 12.0. The Hall–Kier alpha value is -1.50. The second-order valence-corrected chi connectivity index (χ2v) is 4.76. The summed E-state index contributed by atoms with van der Waals surface area (Å²) in [4.78, 5) is 24.8. The zero-order valence-corrected chi connectivity index (χ0v) is 10.2. The SMILES string of the molecule is O=C(O)CC[n+]1cc(C(=O)N2CCCC2)sn1. The average Bonchev–Trinajstić information content (AvgIpc) is 2.97. The highest BCUT2D eigenvalue weighted by atomic mass is 32.1. The van der Waals surface area contributed by atoms with Crippen molar-refractivity contribution in [3.8, 4) is 0 Å². The van der Waals surface area contributed by atoms with Crippen molar-refractivity contribution < 1.29 is 19.4 Å². The molecule has 1 aromatic rings. The van der Waals surface area contributed by atoms with Crippen molar-refractivity contribution in [2.75, 3.05) is 13.1 Å². The highest BCUT2D eigenvalue weighted by Gasteiger charge is 2.24. The van der Waals surface area contributed by atoms with Crippen LogP contribution < -0.4 is 4.68 Å². The first-order chi connectivity index (χ1) is 8.16. The number of aliphatic carboxylic acids is 1. The molecule has 1 aliphatic rings. The molecule has 1 fully saturated rings. The maximum absolute atomic E-state index is 12.0. The van der Waals surface area contributed by atoms with Gasteiger partial charge in [-0.25, -0.2) is 0 Å². The molecule has 92 valence electrons. The zero-order valence-electron chi connectivity index (χ0n) is 9.33. The largest absolute Gasteiger partial charge is 0.481 e. The fraction of sp³-hybridized carbons (Fsp3) is 0.600. The Kier molecular flexibility index (Phi) is 3.68. The van der Waals surface area contributed by atoms with Gasteiger partial charge in [0.05, 0.1) is 4.49 Å². The summed E-state index contributed by atoms with van der Waals surface area (Å²) in [6.07, 6.45) is 3.77. The van der Waals surface area contributed by atoms with Crippen LogP contribution in [0.15, 0.2) is 6.20 Å². The van der Waals surface area contributed by atoms with Crippen molar-refractivity contribution in [1.29, 1.82) is 0 Å². The van der Waals surface area contributed by atoms with Crippen molar-refractivity contribution in [1.82, 2.24) is 9.39 Å². The van der Waals surface area contributed by atoms with E-state index in [9.17, 15) is 9.59 Å². The van der Waals surface area contributed by atoms with Gasteiger partial charge in [-0.15, -0.1) is 0 Å². The van der Waals surface area contributed by atoms with E-state index in [0.717, 1.165) is 37.5 Å². The first-order valence-electron chi connectivity index (χ1n) is 5.54. The van der Waals surface area contributed by atoms with Crippen LogP contribution >= 0.6 is 11.5 Å². The zero-order chi connectivity index (χ0) is 12.3. The summed E-state index contributed by atoms with van der Waals surface area (Å²) in [6, 6.07) is 0. The van der Waals surface area contributed by atoms with Gasteiger partial charge in [0.25, 0.3) is 5.91 Å². The van der Waals surface area contributed by atoms with Gasteiger partial charge in [-0.2, -0.15) is 0 Å². The van der Waals surface area contributed by atoms with Crippen molar-refractivity contribution in [2.24, 2.45) is 0 Å². The van der Waals surface area contributed by atoms with Gasteiger partial charge in [-0.3, -0.25) is 9.59 Å². The highest BCUT2D eigenvalue weighted by molar-refractivity contribution is 7.07. The molecule has 0 radical (unpaired) electrons. The van der Waals surface area contributed by atoms with E-state index in [1.807, 2.05) is 4.90 Å². The van der Waals surface area contributed by atoms with Gasteiger partial charge in [0.1, 0.15) is 6.42 Å². The first-order valence-corrected chi connectivity index (χ1v) is 6.31. The predicted molar refractivity (Wildman–Crippen MR) is 59.7 cm³/mol. The molecule has 17 heavy (non-hydrogen) atoms. The molecule has 0 saturated carbocycles. The predicted octanol–water partition coefficient (Wildman–Crippen LogP) is 0.141. The minimum absolute atomic E-state index is 0.00840. The molecule has 0 unspecified atom stereocenters. The van der Waals surface area contributed by atoms with Crippen molar-refractivity contribution >= 4 is 23.4 Å². The number of hydrogen-bond acceptors (Lipinski definition) is 4. The molecule has 1 saturated heterocycles. The number of nitrogens with zero attached hydrogens (tertiary/aromatic N) is 3. The van der Waals surface area contributed by atoms with Crippen LogP contribution in [-0.2, 0) is 11.3 Å². The van der Waals surface area contributed by atoms with Gasteiger partial charge >= 0.3 is 5.97 Å². The molecule has 2 heterocycles. The molecule has 0 aliphatic carbocycles. The van der Waals surface area contributed by atoms with Crippen LogP contribution in [-0.4, -0.2) is 39.5 Å². The van der Waals surface area contributed by atoms with Crippen LogP contribution in [0.2, 0.25) is 0 Å². The third-order valence-corrected chi connectivity index (χ3v) is 3.44. The number of amides is 1. The second kappa shape index (κ2) is 5.22. The van der Waals surface area contributed by atoms with E-state index in [1.165, 1.54) is 4.68 Å². The minimum Gasteiger partial charge on any atom is -0.481 e. The van der Waals surface area contributed by atoms with Gasteiger partial charge in [-0.1, -0.05) is 4.68 Å². The van der Waals surface area contributed by atoms with Gasteiger partial charge in [-0.05, 0) is 12.8 Å². The molecule has 1 amide bonds. The smallest absolute Gasteiger partial charge is 0.309 e. The summed E-state index contributed by atoms with van der Waals surface area (Å²) >= 11 is 1.12. The molecular weight excluding hydrogens is 242 g/mol. The molecule has 1 aliphatic heterocycles. The second-order valence-electron chi connectivity index (χ2n) is 3.97. The molecule has 0 aromatic carbocycles. The number of carbonyl (C=O) groups excluding carboxylic acids is 1. The number of carboxylic acid groups (broad SMARTS) is 1. The Labute approximate surface area is 103 Å². The third kappa shape index (κ3) is 3.00. The van der Waals surface area contributed by atoms with E-state index in [0.29, 0.717) is 11.4 Å². The van der Waals surface area contributed by atoms with E-state index in [4.69, 9.17) is 5.11 Å². The number of hydrogen-bond donors (Lipinski definition) is 1. The van der Waals surface area contributed by atoms with Crippen LogP contribution in [0.3, 0.4) is 0 Å². The summed E-state index contributed by atoms with van der Waals surface area (Å²) < 4.78 is 5.54. The van der Waals surface area contributed by atoms with Crippen LogP contribution in [0.25, 0.3) is 0 Å². The van der Waals surface area contributed by atoms with Gasteiger partial charge < -0.3 is 10.0 Å². The van der Waals surface area contributed by atoms with Crippen molar-refractivity contribution in [2.45, 2.75) is 25.8 Å². The molecule has 0 spiro atoms. The molecule has 6 nitrogen and oxygen atoms in total. The molecule has 0 bridgehead atoms. The van der Waals surface area contributed by atoms with E-state index < -0.39 is 5.97 Å². The lowest BCUT2D eigenvalue weighted by atomic mass is 10.4. The summed E-state index contributed by atoms with van der Waals surface area (Å²) in [5, 5.41) is 8.55. The molecule has 1 N–H and O–H groups in total. The fourth-order valence-electron chi connectivity index (χ4n) is 1.76. The number of likely N-dealkylation sites (tertiary alicyclic amines) is 1. The summed E-state index contributed by atoms with van der Waals surface area (Å²) in [5.74, 6) is -0.855. The highest BCUT2D eigenvalue weighted by Crippen LogP contribution is 2.13. The summed E-state index contributed by atoms with van der Waals surface area (Å²) in [7, 11) is 0.